The topological polar surface area (TPSA) is 106 Å². The summed E-state index contributed by atoms with van der Waals surface area (Å²) in [6, 6.07) is 0.912. The normalized spacial score (nSPS) is 31.7. The summed E-state index contributed by atoms with van der Waals surface area (Å²) in [5.41, 5.74) is -0.446. The summed E-state index contributed by atoms with van der Waals surface area (Å²) >= 11 is 0. The molecule has 4 atom stereocenters. The molecule has 4 aliphatic rings. The zero-order chi connectivity index (χ0) is 20.6. The van der Waals surface area contributed by atoms with Crippen molar-refractivity contribution in [1.29, 1.82) is 5.26 Å². The number of carbonyl (C=O) groups is 3. The average Bonchev–Trinajstić information content (AvgIpc) is 3.19. The molecule has 1 spiro atoms. The summed E-state index contributed by atoms with van der Waals surface area (Å²) < 4.78 is 0. The van der Waals surface area contributed by atoms with Gasteiger partial charge in [-0.15, -0.1) is 0 Å². The van der Waals surface area contributed by atoms with Gasteiger partial charge in [0.2, 0.25) is 17.7 Å². The number of nitrogens with one attached hydrogen (secondary N) is 2. The third-order valence-electron chi connectivity index (χ3n) is 7.33. The van der Waals surface area contributed by atoms with Gasteiger partial charge in [0.1, 0.15) is 17.6 Å². The Hall–Kier alpha value is -2.14. The molecule has 3 saturated heterocycles. The highest BCUT2D eigenvalue weighted by Gasteiger charge is 2.54. The maximum Gasteiger partial charge on any atom is 0.243 e. The number of amides is 3. The van der Waals surface area contributed by atoms with Crippen LogP contribution in [-0.2, 0) is 14.4 Å². The second kappa shape index (κ2) is 7.94. The van der Waals surface area contributed by atoms with E-state index in [1.165, 1.54) is 0 Å². The molecule has 8 heteroatoms. The molecule has 1 unspecified atom stereocenters. The summed E-state index contributed by atoms with van der Waals surface area (Å²) in [5.74, 6) is 0.0352. The fourth-order valence-corrected chi connectivity index (χ4v) is 5.29. The van der Waals surface area contributed by atoms with E-state index in [-0.39, 0.29) is 23.6 Å². The van der Waals surface area contributed by atoms with Gasteiger partial charge in [-0.1, -0.05) is 12.8 Å². The van der Waals surface area contributed by atoms with Crippen LogP contribution in [-0.4, -0.2) is 71.8 Å². The van der Waals surface area contributed by atoms with Crippen molar-refractivity contribution in [2.24, 2.45) is 11.8 Å². The first-order chi connectivity index (χ1) is 13.9. The lowest BCUT2D eigenvalue weighted by Gasteiger charge is -2.33. The van der Waals surface area contributed by atoms with Crippen molar-refractivity contribution >= 4 is 17.7 Å². The number of nitriles is 1. The molecular formula is C21H31N5O3. The Labute approximate surface area is 172 Å². The van der Waals surface area contributed by atoms with Crippen molar-refractivity contribution in [2.75, 3.05) is 26.7 Å². The van der Waals surface area contributed by atoms with Crippen LogP contribution in [0.25, 0.3) is 0 Å². The Bertz CT molecular complexity index is 730. The van der Waals surface area contributed by atoms with Crippen LogP contribution < -0.4 is 10.6 Å². The van der Waals surface area contributed by atoms with Crippen LogP contribution in [0.3, 0.4) is 0 Å². The lowest BCUT2D eigenvalue weighted by atomic mass is 9.94. The molecule has 0 aromatic rings. The van der Waals surface area contributed by atoms with Gasteiger partial charge >= 0.3 is 0 Å². The Balaban J connectivity index is 1.45. The molecule has 29 heavy (non-hydrogen) atoms. The SMILES string of the molecule is CN1CCC[C@]12CCN(C(CC1CC1)C(=O)N[C@H](C#N)C[C@@H]1CCNC1=O)C2=O. The molecule has 0 bridgehead atoms. The molecule has 3 aliphatic heterocycles. The third kappa shape index (κ3) is 3.85. The molecule has 158 valence electrons. The van der Waals surface area contributed by atoms with Gasteiger partial charge < -0.3 is 15.5 Å². The van der Waals surface area contributed by atoms with E-state index in [0.717, 1.165) is 38.6 Å². The summed E-state index contributed by atoms with van der Waals surface area (Å²) in [5, 5.41) is 15.2. The Morgan fingerprint density at radius 3 is 2.66 bits per heavy atom. The number of hydrogen-bond donors (Lipinski definition) is 2. The minimum absolute atomic E-state index is 0.0463. The van der Waals surface area contributed by atoms with Gasteiger partial charge in [-0.3, -0.25) is 19.3 Å². The quantitative estimate of drug-likeness (QED) is 0.642. The standard InChI is InChI=1S/C21H31N5O3/c1-25-9-2-6-21(25)7-10-26(20(21)29)17(11-14-3-4-14)19(28)24-16(13-22)12-15-5-8-23-18(15)27/h14-17H,2-12H2,1H3,(H,23,27)(H,24,28)/t15-,16-,17?,21+/m0/s1. The molecule has 2 N–H and O–H groups in total. The molecule has 3 heterocycles. The van der Waals surface area contributed by atoms with Crippen LogP contribution in [0.15, 0.2) is 0 Å². The average molecular weight is 402 g/mol. The summed E-state index contributed by atoms with van der Waals surface area (Å²) in [6.45, 7) is 2.13. The minimum atomic E-state index is -0.709. The van der Waals surface area contributed by atoms with Crippen molar-refractivity contribution in [3.8, 4) is 6.07 Å². The Morgan fingerprint density at radius 2 is 2.07 bits per heavy atom. The van der Waals surface area contributed by atoms with Crippen LogP contribution in [0.5, 0.6) is 0 Å². The molecule has 0 aromatic carbocycles. The van der Waals surface area contributed by atoms with Gasteiger partial charge in [0, 0.05) is 19.0 Å². The molecule has 3 amide bonds. The highest BCUT2D eigenvalue weighted by molar-refractivity contribution is 5.94. The second-order valence-electron chi connectivity index (χ2n) is 9.20. The lowest BCUT2D eigenvalue weighted by molar-refractivity contribution is -0.143. The number of likely N-dealkylation sites (N-methyl/N-ethyl adjacent to an activating group) is 1. The van der Waals surface area contributed by atoms with Crippen LogP contribution in [0.1, 0.15) is 51.4 Å². The van der Waals surface area contributed by atoms with Crippen LogP contribution in [0.2, 0.25) is 0 Å². The lowest BCUT2D eigenvalue weighted by Crippen LogP contribution is -2.55. The minimum Gasteiger partial charge on any atom is -0.356 e. The van der Waals surface area contributed by atoms with E-state index in [2.05, 4.69) is 21.6 Å². The van der Waals surface area contributed by atoms with Crippen molar-refractivity contribution in [3.05, 3.63) is 0 Å². The van der Waals surface area contributed by atoms with Crippen molar-refractivity contribution in [3.63, 3.8) is 0 Å². The molecule has 1 saturated carbocycles. The highest BCUT2D eigenvalue weighted by Crippen LogP contribution is 2.41. The first-order valence-electron chi connectivity index (χ1n) is 10.9. The molecule has 4 rings (SSSR count). The molecular weight excluding hydrogens is 370 g/mol. The molecule has 0 radical (unpaired) electrons. The van der Waals surface area contributed by atoms with Crippen LogP contribution >= 0.6 is 0 Å². The monoisotopic (exact) mass is 401 g/mol. The maximum absolute atomic E-state index is 13.4. The van der Waals surface area contributed by atoms with Gasteiger partial charge in [0.15, 0.2) is 0 Å². The third-order valence-corrected chi connectivity index (χ3v) is 7.33. The van der Waals surface area contributed by atoms with E-state index < -0.39 is 17.6 Å². The zero-order valence-corrected chi connectivity index (χ0v) is 17.2. The first kappa shape index (κ1) is 20.1. The predicted molar refractivity (Wildman–Crippen MR) is 105 cm³/mol. The van der Waals surface area contributed by atoms with Crippen LogP contribution in [0, 0.1) is 23.2 Å². The highest BCUT2D eigenvalue weighted by atomic mass is 16.2. The fraction of sp³-hybridized carbons (Fsp3) is 0.810. The van der Waals surface area contributed by atoms with Crippen molar-refractivity contribution in [2.45, 2.75) is 69.0 Å². The number of rotatable bonds is 7. The summed E-state index contributed by atoms with van der Waals surface area (Å²) in [4.78, 5) is 42.3. The number of nitrogens with zero attached hydrogens (tertiary/aromatic N) is 3. The smallest absolute Gasteiger partial charge is 0.243 e. The Kier molecular flexibility index (Phi) is 5.52. The van der Waals surface area contributed by atoms with Gasteiger partial charge in [0.25, 0.3) is 0 Å². The number of likely N-dealkylation sites (tertiary alicyclic amines) is 2. The van der Waals surface area contributed by atoms with E-state index in [1.54, 1.807) is 4.90 Å². The predicted octanol–water partition coefficient (Wildman–Crippen LogP) is 0.386. The second-order valence-corrected chi connectivity index (χ2v) is 9.20. The number of carbonyl (C=O) groups excluding carboxylic acids is 3. The maximum atomic E-state index is 13.4. The summed E-state index contributed by atoms with van der Waals surface area (Å²) in [6.07, 6.45) is 6.51. The van der Waals surface area contributed by atoms with Gasteiger partial charge in [0.05, 0.1) is 6.07 Å². The number of hydrogen-bond acceptors (Lipinski definition) is 5. The molecule has 8 nitrogen and oxygen atoms in total. The van der Waals surface area contributed by atoms with Crippen LogP contribution in [0.4, 0.5) is 0 Å². The Morgan fingerprint density at radius 1 is 1.28 bits per heavy atom. The molecule has 4 fully saturated rings. The van der Waals surface area contributed by atoms with E-state index >= 15 is 0 Å². The van der Waals surface area contributed by atoms with Gasteiger partial charge in [-0.25, -0.2) is 0 Å². The van der Waals surface area contributed by atoms with Crippen molar-refractivity contribution < 1.29 is 14.4 Å². The van der Waals surface area contributed by atoms with Crippen molar-refractivity contribution in [1.82, 2.24) is 20.4 Å². The van der Waals surface area contributed by atoms with E-state index in [4.69, 9.17) is 0 Å². The molecule has 0 aromatic heterocycles. The first-order valence-corrected chi connectivity index (χ1v) is 10.9. The summed E-state index contributed by atoms with van der Waals surface area (Å²) in [7, 11) is 2.00. The van der Waals surface area contributed by atoms with Gasteiger partial charge in [-0.2, -0.15) is 5.26 Å². The fourth-order valence-electron chi connectivity index (χ4n) is 5.29. The zero-order valence-electron chi connectivity index (χ0n) is 17.2. The van der Waals surface area contributed by atoms with Gasteiger partial charge in [-0.05, 0) is 58.0 Å². The molecule has 1 aliphatic carbocycles. The largest absolute Gasteiger partial charge is 0.356 e. The van der Waals surface area contributed by atoms with E-state index in [0.29, 0.717) is 38.3 Å². The van der Waals surface area contributed by atoms with E-state index in [9.17, 15) is 19.6 Å². The van der Waals surface area contributed by atoms with E-state index in [1.807, 2.05) is 7.05 Å².